The highest BCUT2D eigenvalue weighted by Crippen LogP contribution is 2.38. The molecule has 0 unspecified atom stereocenters. The van der Waals surface area contributed by atoms with Gasteiger partial charge in [-0.25, -0.2) is 0 Å². The molecule has 4 nitrogen and oxygen atoms in total. The molecule has 0 saturated carbocycles. The minimum atomic E-state index is -0.145. The molecule has 0 N–H and O–H groups in total. The molecule has 1 aromatic heterocycles. The van der Waals surface area contributed by atoms with Crippen molar-refractivity contribution in [3.05, 3.63) is 105 Å². The summed E-state index contributed by atoms with van der Waals surface area (Å²) in [6, 6.07) is 24.4. The van der Waals surface area contributed by atoms with E-state index >= 15 is 0 Å². The summed E-state index contributed by atoms with van der Waals surface area (Å²) >= 11 is 1.77. The van der Waals surface area contributed by atoms with E-state index in [0.717, 1.165) is 29.2 Å². The molecule has 0 radical (unpaired) electrons. The number of thiophene rings is 1. The van der Waals surface area contributed by atoms with Crippen LogP contribution in [0.4, 0.5) is 0 Å². The van der Waals surface area contributed by atoms with E-state index in [4.69, 9.17) is 0 Å². The Kier molecular flexibility index (Phi) is 7.64. The number of amides is 2. The first kappa shape index (κ1) is 27.1. The zero-order valence-electron chi connectivity index (χ0n) is 23.6. The second-order valence-electron chi connectivity index (χ2n) is 11.6. The summed E-state index contributed by atoms with van der Waals surface area (Å²) in [6.45, 7) is 11.5. The summed E-state index contributed by atoms with van der Waals surface area (Å²) in [6.07, 6.45) is 1.62. The van der Waals surface area contributed by atoms with Gasteiger partial charge in [0.15, 0.2) is 0 Å². The predicted molar refractivity (Wildman–Crippen MR) is 161 cm³/mol. The van der Waals surface area contributed by atoms with Crippen LogP contribution in [0.25, 0.3) is 10.8 Å². The van der Waals surface area contributed by atoms with Gasteiger partial charge in [-0.15, -0.1) is 11.3 Å². The molecule has 39 heavy (non-hydrogen) atoms. The van der Waals surface area contributed by atoms with Crippen molar-refractivity contribution >= 4 is 33.9 Å². The summed E-state index contributed by atoms with van der Waals surface area (Å²) in [5, 5.41) is 4.08. The lowest BCUT2D eigenvalue weighted by atomic mass is 9.85. The van der Waals surface area contributed by atoms with E-state index in [2.05, 4.69) is 63.4 Å². The monoisotopic (exact) mass is 538 g/mol. The lowest BCUT2D eigenvalue weighted by molar-refractivity contribution is -0.134. The highest BCUT2D eigenvalue weighted by molar-refractivity contribution is 7.10. The maximum Gasteiger partial charge on any atom is 0.255 e. The minimum Gasteiger partial charge on any atom is -0.330 e. The molecular weight excluding hydrogens is 500 g/mol. The smallest absolute Gasteiger partial charge is 0.255 e. The molecule has 2 amide bonds. The first-order chi connectivity index (χ1) is 18.7. The van der Waals surface area contributed by atoms with Crippen LogP contribution in [0, 0.1) is 0 Å². The molecule has 0 saturated heterocycles. The van der Waals surface area contributed by atoms with Crippen LogP contribution in [0.1, 0.15) is 79.0 Å². The number of fused-ring (bicyclic) bond motifs is 2. The van der Waals surface area contributed by atoms with Crippen LogP contribution in [-0.4, -0.2) is 40.7 Å². The van der Waals surface area contributed by atoms with Gasteiger partial charge in [0, 0.05) is 23.0 Å². The Morgan fingerprint density at radius 2 is 1.72 bits per heavy atom. The topological polar surface area (TPSA) is 40.6 Å². The summed E-state index contributed by atoms with van der Waals surface area (Å²) < 4.78 is 0. The van der Waals surface area contributed by atoms with E-state index < -0.39 is 0 Å². The first-order valence-corrected chi connectivity index (χ1v) is 14.8. The van der Waals surface area contributed by atoms with E-state index in [-0.39, 0.29) is 35.9 Å². The van der Waals surface area contributed by atoms with Crippen LogP contribution in [0.2, 0.25) is 0 Å². The molecule has 5 heteroatoms. The second-order valence-corrected chi connectivity index (χ2v) is 12.6. The van der Waals surface area contributed by atoms with Gasteiger partial charge in [-0.3, -0.25) is 9.59 Å². The SMILES string of the molecule is CC[C@H](C)N(CC(=O)N1CCc2sccc2[C@@H]1c1ccc(C(C)(C)C)cc1)C(=O)c1cccc2ccccc12. The number of nitrogens with zero attached hydrogens (tertiary/aromatic N) is 2. The van der Waals surface area contributed by atoms with Gasteiger partial charge >= 0.3 is 0 Å². The molecule has 4 aromatic rings. The van der Waals surface area contributed by atoms with Crippen LogP contribution in [0.15, 0.2) is 78.2 Å². The van der Waals surface area contributed by atoms with Crippen LogP contribution >= 0.6 is 11.3 Å². The summed E-state index contributed by atoms with van der Waals surface area (Å²) in [7, 11) is 0. The number of rotatable bonds is 6. The van der Waals surface area contributed by atoms with E-state index in [1.165, 1.54) is 16.0 Å². The number of carbonyl (C=O) groups excluding carboxylic acids is 2. The number of benzene rings is 3. The average Bonchev–Trinajstić information content (AvgIpc) is 3.43. The molecule has 0 fully saturated rings. The van der Waals surface area contributed by atoms with Crippen molar-refractivity contribution < 1.29 is 9.59 Å². The van der Waals surface area contributed by atoms with E-state index in [0.29, 0.717) is 12.1 Å². The lowest BCUT2D eigenvalue weighted by Gasteiger charge is -2.38. The molecule has 2 heterocycles. The maximum atomic E-state index is 14.1. The number of hydrogen-bond donors (Lipinski definition) is 0. The normalized spacial score (nSPS) is 16.1. The van der Waals surface area contributed by atoms with E-state index in [1.807, 2.05) is 54.3 Å². The first-order valence-electron chi connectivity index (χ1n) is 13.9. The maximum absolute atomic E-state index is 14.1. The molecule has 0 aliphatic carbocycles. The quantitative estimate of drug-likeness (QED) is 0.253. The van der Waals surface area contributed by atoms with Crippen LogP contribution < -0.4 is 0 Å². The second kappa shape index (κ2) is 11.0. The largest absolute Gasteiger partial charge is 0.330 e. The molecule has 1 aliphatic heterocycles. The fourth-order valence-corrected chi connectivity index (χ4v) is 6.47. The number of hydrogen-bond acceptors (Lipinski definition) is 3. The van der Waals surface area contributed by atoms with Crippen LogP contribution in [-0.2, 0) is 16.6 Å². The van der Waals surface area contributed by atoms with Gasteiger partial charge in [-0.1, -0.05) is 88.4 Å². The summed E-state index contributed by atoms with van der Waals surface area (Å²) in [4.78, 5) is 33.2. The Hall–Kier alpha value is -3.44. The lowest BCUT2D eigenvalue weighted by Crippen LogP contribution is -2.49. The Labute approximate surface area is 236 Å². The Balaban J connectivity index is 1.47. The molecule has 0 bridgehead atoms. The fourth-order valence-electron chi connectivity index (χ4n) is 5.56. The molecule has 202 valence electrons. The van der Waals surface area contributed by atoms with Gasteiger partial charge in [-0.2, -0.15) is 0 Å². The predicted octanol–water partition coefficient (Wildman–Crippen LogP) is 7.61. The van der Waals surface area contributed by atoms with Crippen molar-refractivity contribution in [3.63, 3.8) is 0 Å². The Morgan fingerprint density at radius 3 is 2.44 bits per heavy atom. The van der Waals surface area contributed by atoms with Gasteiger partial charge in [0.2, 0.25) is 5.91 Å². The highest BCUT2D eigenvalue weighted by atomic mass is 32.1. The average molecular weight is 539 g/mol. The van der Waals surface area contributed by atoms with E-state index in [1.54, 1.807) is 16.2 Å². The van der Waals surface area contributed by atoms with Crippen molar-refractivity contribution in [2.45, 2.75) is 65.0 Å². The molecule has 1 aliphatic rings. The van der Waals surface area contributed by atoms with Crippen LogP contribution in [0.5, 0.6) is 0 Å². The molecule has 2 atom stereocenters. The zero-order valence-corrected chi connectivity index (χ0v) is 24.4. The van der Waals surface area contributed by atoms with Gasteiger partial charge < -0.3 is 9.80 Å². The molecule has 3 aromatic carbocycles. The highest BCUT2D eigenvalue weighted by Gasteiger charge is 2.35. The molecule has 5 rings (SSSR count). The third-order valence-electron chi connectivity index (χ3n) is 8.09. The fraction of sp³-hybridized carbons (Fsp3) is 0.353. The Morgan fingerprint density at radius 1 is 1.00 bits per heavy atom. The van der Waals surface area contributed by atoms with Crippen molar-refractivity contribution in [3.8, 4) is 0 Å². The molecule has 0 spiro atoms. The van der Waals surface area contributed by atoms with Crippen molar-refractivity contribution in [1.82, 2.24) is 9.80 Å². The van der Waals surface area contributed by atoms with E-state index in [9.17, 15) is 9.59 Å². The van der Waals surface area contributed by atoms with Crippen molar-refractivity contribution in [1.29, 1.82) is 0 Å². The van der Waals surface area contributed by atoms with Gasteiger partial charge in [0.25, 0.3) is 5.91 Å². The standard InChI is InChI=1S/C34H38N2O2S/c1-6-23(2)36(33(38)28-13-9-11-24-10-7-8-12-27(24)28)22-31(37)35-20-18-30-29(19-21-39-30)32(35)25-14-16-26(17-15-25)34(3,4)5/h7-17,19,21,23,32H,6,18,20,22H2,1-5H3/t23-,32-/m0/s1. The van der Waals surface area contributed by atoms with Crippen LogP contribution in [0.3, 0.4) is 0 Å². The van der Waals surface area contributed by atoms with Gasteiger partial charge in [0.1, 0.15) is 6.54 Å². The number of carbonyl (C=O) groups is 2. The van der Waals surface area contributed by atoms with Gasteiger partial charge in [-0.05, 0) is 70.2 Å². The zero-order chi connectivity index (χ0) is 27.7. The van der Waals surface area contributed by atoms with Crippen molar-refractivity contribution in [2.75, 3.05) is 13.1 Å². The van der Waals surface area contributed by atoms with Crippen molar-refractivity contribution in [2.24, 2.45) is 0 Å². The third kappa shape index (κ3) is 5.38. The minimum absolute atomic E-state index is 0.00867. The summed E-state index contributed by atoms with van der Waals surface area (Å²) in [5.74, 6) is -0.0977. The van der Waals surface area contributed by atoms with Gasteiger partial charge in [0.05, 0.1) is 6.04 Å². The Bertz CT molecular complexity index is 1480. The third-order valence-corrected chi connectivity index (χ3v) is 9.08. The molecular formula is C34H38N2O2S. The summed E-state index contributed by atoms with van der Waals surface area (Å²) in [5.41, 5.74) is 4.31.